The topological polar surface area (TPSA) is 15.3 Å². The number of hydrogen-bond donors (Lipinski definition) is 1. The minimum Gasteiger partial charge on any atom is -0.316 e. The van der Waals surface area contributed by atoms with E-state index in [9.17, 15) is 0 Å². The summed E-state index contributed by atoms with van der Waals surface area (Å²) >= 11 is 0. The maximum absolute atomic E-state index is 3.75. The summed E-state index contributed by atoms with van der Waals surface area (Å²) in [6.07, 6.45) is 4.17. The van der Waals surface area contributed by atoms with Crippen LogP contribution in [-0.2, 0) is 13.1 Å². The van der Waals surface area contributed by atoms with Gasteiger partial charge in [-0.05, 0) is 37.1 Å². The molecular formula is C21H28N2. The van der Waals surface area contributed by atoms with Gasteiger partial charge in [0.25, 0.3) is 0 Å². The highest BCUT2D eigenvalue weighted by atomic mass is 15.1. The van der Waals surface area contributed by atoms with Crippen LogP contribution in [0, 0.1) is 0 Å². The first-order valence-corrected chi connectivity index (χ1v) is 8.50. The Morgan fingerprint density at radius 3 is 1.91 bits per heavy atom. The molecule has 2 aromatic rings. The summed E-state index contributed by atoms with van der Waals surface area (Å²) in [6, 6.07) is 21.5. The molecule has 0 aliphatic carbocycles. The number of hydrogen-bond acceptors (Lipinski definition) is 2. The number of benzene rings is 2. The molecule has 0 aromatic heterocycles. The SMILES string of the molecule is C=CCCNCCCN(Cc1ccccc1)Cc1ccccc1. The highest BCUT2D eigenvalue weighted by Crippen LogP contribution is 2.10. The molecule has 0 radical (unpaired) electrons. The summed E-state index contributed by atoms with van der Waals surface area (Å²) in [5.74, 6) is 0. The van der Waals surface area contributed by atoms with Crippen molar-refractivity contribution in [1.82, 2.24) is 10.2 Å². The van der Waals surface area contributed by atoms with Crippen LogP contribution in [0.5, 0.6) is 0 Å². The lowest BCUT2D eigenvalue weighted by molar-refractivity contribution is 0.252. The molecule has 0 atom stereocenters. The van der Waals surface area contributed by atoms with Gasteiger partial charge in [0.1, 0.15) is 0 Å². The first-order chi connectivity index (χ1) is 11.4. The van der Waals surface area contributed by atoms with Crippen LogP contribution in [0.25, 0.3) is 0 Å². The van der Waals surface area contributed by atoms with Gasteiger partial charge in [-0.1, -0.05) is 66.7 Å². The van der Waals surface area contributed by atoms with Gasteiger partial charge in [-0.25, -0.2) is 0 Å². The number of rotatable bonds is 11. The van der Waals surface area contributed by atoms with Crippen LogP contribution in [0.3, 0.4) is 0 Å². The fourth-order valence-electron chi connectivity index (χ4n) is 2.65. The van der Waals surface area contributed by atoms with E-state index >= 15 is 0 Å². The van der Waals surface area contributed by atoms with Crippen molar-refractivity contribution in [3.63, 3.8) is 0 Å². The van der Waals surface area contributed by atoms with E-state index in [4.69, 9.17) is 0 Å². The van der Waals surface area contributed by atoms with Crippen LogP contribution in [0.15, 0.2) is 73.3 Å². The predicted octanol–water partition coefficient (Wildman–Crippen LogP) is 4.24. The minimum atomic E-state index is 1.00. The Morgan fingerprint density at radius 1 is 0.826 bits per heavy atom. The first-order valence-electron chi connectivity index (χ1n) is 8.50. The molecule has 2 nitrogen and oxygen atoms in total. The maximum atomic E-state index is 3.75. The van der Waals surface area contributed by atoms with E-state index in [0.717, 1.165) is 45.6 Å². The second-order valence-electron chi connectivity index (χ2n) is 5.86. The van der Waals surface area contributed by atoms with Gasteiger partial charge in [-0.2, -0.15) is 0 Å². The Labute approximate surface area is 140 Å². The maximum Gasteiger partial charge on any atom is 0.0237 e. The van der Waals surface area contributed by atoms with Gasteiger partial charge < -0.3 is 5.32 Å². The van der Waals surface area contributed by atoms with E-state index in [1.807, 2.05) is 6.08 Å². The highest BCUT2D eigenvalue weighted by molar-refractivity contribution is 5.17. The Morgan fingerprint density at radius 2 is 1.39 bits per heavy atom. The lowest BCUT2D eigenvalue weighted by atomic mass is 10.1. The molecule has 0 heterocycles. The van der Waals surface area contributed by atoms with Crippen molar-refractivity contribution in [1.29, 1.82) is 0 Å². The van der Waals surface area contributed by atoms with E-state index in [1.165, 1.54) is 11.1 Å². The largest absolute Gasteiger partial charge is 0.316 e. The fourth-order valence-corrected chi connectivity index (χ4v) is 2.65. The molecule has 0 fully saturated rings. The number of nitrogens with zero attached hydrogens (tertiary/aromatic N) is 1. The smallest absolute Gasteiger partial charge is 0.0237 e. The summed E-state index contributed by atoms with van der Waals surface area (Å²) in [4.78, 5) is 2.53. The van der Waals surface area contributed by atoms with Gasteiger partial charge in [0.05, 0.1) is 0 Å². The van der Waals surface area contributed by atoms with Crippen molar-refractivity contribution in [2.24, 2.45) is 0 Å². The van der Waals surface area contributed by atoms with Gasteiger partial charge in [0.2, 0.25) is 0 Å². The predicted molar refractivity (Wildman–Crippen MR) is 99.3 cm³/mol. The Hall–Kier alpha value is -1.90. The zero-order chi connectivity index (χ0) is 16.2. The molecule has 2 heteroatoms. The highest BCUT2D eigenvalue weighted by Gasteiger charge is 2.06. The van der Waals surface area contributed by atoms with E-state index in [1.54, 1.807) is 0 Å². The van der Waals surface area contributed by atoms with Crippen molar-refractivity contribution >= 4 is 0 Å². The molecule has 0 saturated carbocycles. The standard InChI is InChI=1S/C21H28N2/c1-2-3-15-22-16-10-17-23(18-20-11-6-4-7-12-20)19-21-13-8-5-9-14-21/h2,4-9,11-14,22H,1,3,10,15-19H2. The molecule has 0 aliphatic heterocycles. The van der Waals surface area contributed by atoms with Gasteiger partial charge in [-0.15, -0.1) is 6.58 Å². The van der Waals surface area contributed by atoms with Crippen LogP contribution in [0.4, 0.5) is 0 Å². The van der Waals surface area contributed by atoms with Crippen LogP contribution in [0.2, 0.25) is 0 Å². The lowest BCUT2D eigenvalue weighted by Gasteiger charge is -2.22. The Balaban J connectivity index is 1.84. The monoisotopic (exact) mass is 308 g/mol. The van der Waals surface area contributed by atoms with Crippen LogP contribution >= 0.6 is 0 Å². The van der Waals surface area contributed by atoms with Crippen molar-refractivity contribution in [3.05, 3.63) is 84.4 Å². The molecule has 0 aliphatic rings. The Bertz CT molecular complexity index is 495. The van der Waals surface area contributed by atoms with Crippen molar-refractivity contribution in [2.75, 3.05) is 19.6 Å². The molecule has 122 valence electrons. The van der Waals surface area contributed by atoms with Crippen LogP contribution in [0.1, 0.15) is 24.0 Å². The van der Waals surface area contributed by atoms with Gasteiger partial charge in [0, 0.05) is 19.6 Å². The van der Waals surface area contributed by atoms with E-state index in [-0.39, 0.29) is 0 Å². The molecule has 0 bridgehead atoms. The Kier molecular flexibility index (Phi) is 8.17. The van der Waals surface area contributed by atoms with Gasteiger partial charge in [-0.3, -0.25) is 4.90 Å². The number of nitrogens with one attached hydrogen (secondary N) is 1. The van der Waals surface area contributed by atoms with Crippen LogP contribution in [-0.4, -0.2) is 24.5 Å². The third-order valence-corrected chi connectivity index (χ3v) is 3.85. The zero-order valence-electron chi connectivity index (χ0n) is 14.0. The minimum absolute atomic E-state index is 1.00. The molecule has 0 spiro atoms. The summed E-state index contributed by atoms with van der Waals surface area (Å²) < 4.78 is 0. The van der Waals surface area contributed by atoms with Crippen molar-refractivity contribution in [3.8, 4) is 0 Å². The van der Waals surface area contributed by atoms with E-state index < -0.39 is 0 Å². The van der Waals surface area contributed by atoms with Gasteiger partial charge >= 0.3 is 0 Å². The quantitative estimate of drug-likeness (QED) is 0.493. The zero-order valence-corrected chi connectivity index (χ0v) is 14.0. The summed E-state index contributed by atoms with van der Waals surface area (Å²) in [5, 5.41) is 3.47. The first kappa shape index (κ1) is 17.5. The summed E-state index contributed by atoms with van der Waals surface area (Å²) in [6.45, 7) is 8.95. The average molecular weight is 308 g/mol. The average Bonchev–Trinajstić information content (AvgIpc) is 2.60. The van der Waals surface area contributed by atoms with Gasteiger partial charge in [0.15, 0.2) is 0 Å². The molecular weight excluding hydrogens is 280 g/mol. The molecule has 1 N–H and O–H groups in total. The normalized spacial score (nSPS) is 10.8. The second-order valence-corrected chi connectivity index (χ2v) is 5.86. The third kappa shape index (κ3) is 7.27. The summed E-state index contributed by atoms with van der Waals surface area (Å²) in [7, 11) is 0. The molecule has 2 aromatic carbocycles. The molecule has 0 amide bonds. The third-order valence-electron chi connectivity index (χ3n) is 3.85. The van der Waals surface area contributed by atoms with Crippen LogP contribution < -0.4 is 5.32 Å². The fraction of sp³-hybridized carbons (Fsp3) is 0.333. The lowest BCUT2D eigenvalue weighted by Crippen LogP contribution is -2.27. The van der Waals surface area contributed by atoms with Crippen molar-refractivity contribution < 1.29 is 0 Å². The molecule has 0 saturated heterocycles. The van der Waals surface area contributed by atoms with Crippen molar-refractivity contribution in [2.45, 2.75) is 25.9 Å². The van der Waals surface area contributed by atoms with E-state index in [0.29, 0.717) is 0 Å². The van der Waals surface area contributed by atoms with E-state index in [2.05, 4.69) is 77.5 Å². The summed E-state index contributed by atoms with van der Waals surface area (Å²) in [5.41, 5.74) is 2.76. The molecule has 0 unspecified atom stereocenters. The second kappa shape index (κ2) is 10.8. The molecule has 23 heavy (non-hydrogen) atoms. The molecule has 2 rings (SSSR count).